The minimum absolute atomic E-state index is 0.629. The number of alkyl halides is 1. The van der Waals surface area contributed by atoms with Gasteiger partial charge < -0.3 is 9.47 Å². The second-order valence-corrected chi connectivity index (χ2v) is 7.44. The van der Waals surface area contributed by atoms with Gasteiger partial charge in [-0.3, -0.25) is 0 Å². The summed E-state index contributed by atoms with van der Waals surface area (Å²) in [5, 5.41) is 3.77. The lowest BCUT2D eigenvalue weighted by molar-refractivity contribution is 0.303. The van der Waals surface area contributed by atoms with Crippen molar-refractivity contribution in [2.45, 2.75) is 51.9 Å². The Morgan fingerprint density at radius 2 is 1.56 bits per heavy atom. The summed E-state index contributed by atoms with van der Waals surface area (Å²) in [6.45, 7) is 3.63. The van der Waals surface area contributed by atoms with Gasteiger partial charge in [0, 0.05) is 22.2 Å². The number of unbranched alkanes of at least 4 members (excludes halogenated alkanes) is 5. The van der Waals surface area contributed by atoms with Gasteiger partial charge in [0.05, 0.1) is 18.2 Å². The molecule has 138 valence electrons. The molecule has 0 aliphatic rings. The van der Waals surface area contributed by atoms with Crippen LogP contribution in [-0.2, 0) is 0 Å². The van der Waals surface area contributed by atoms with Crippen molar-refractivity contribution in [1.82, 2.24) is 0 Å². The minimum Gasteiger partial charge on any atom is -0.493 e. The molecule has 0 radical (unpaired) electrons. The van der Waals surface area contributed by atoms with Crippen LogP contribution in [0, 0.1) is 0 Å². The normalized spacial score (nSPS) is 11.0. The Labute approximate surface area is 165 Å². The van der Waals surface area contributed by atoms with Crippen LogP contribution in [0.4, 0.5) is 0 Å². The van der Waals surface area contributed by atoms with Gasteiger partial charge in [0.25, 0.3) is 0 Å². The van der Waals surface area contributed by atoms with E-state index in [4.69, 9.17) is 21.1 Å². The molecule has 0 unspecified atom stereocenters. The highest BCUT2D eigenvalue weighted by Gasteiger charge is 2.13. The first-order valence-corrected chi connectivity index (χ1v) is 10.8. The third-order valence-corrected chi connectivity index (χ3v) is 5.03. The standard InChI is InChI=1S/C21H28BrClO2/c1-2-3-4-9-15-25-21-18-12-7-6-11-17(18)20(16-19(21)23)24-14-10-5-8-13-22/h6-7,11-12,16H,2-5,8-10,13-15H2,1H3. The maximum Gasteiger partial charge on any atom is 0.145 e. The second-order valence-electron chi connectivity index (χ2n) is 6.24. The Kier molecular flexibility index (Phi) is 9.49. The molecule has 4 heteroatoms. The molecular formula is C21H28BrClO2. The first-order valence-electron chi connectivity index (χ1n) is 9.30. The number of fused-ring (bicyclic) bond motifs is 1. The summed E-state index contributed by atoms with van der Waals surface area (Å²) in [6, 6.07) is 10.1. The lowest BCUT2D eigenvalue weighted by atomic mass is 10.1. The molecule has 0 aliphatic heterocycles. The van der Waals surface area contributed by atoms with E-state index in [9.17, 15) is 0 Å². The van der Waals surface area contributed by atoms with Gasteiger partial charge in [-0.05, 0) is 25.7 Å². The Balaban J connectivity index is 2.07. The molecule has 2 nitrogen and oxygen atoms in total. The molecule has 0 atom stereocenters. The lowest BCUT2D eigenvalue weighted by Crippen LogP contribution is -2.01. The second kappa shape index (κ2) is 11.6. The van der Waals surface area contributed by atoms with Gasteiger partial charge in [-0.1, -0.05) is 78.0 Å². The molecule has 0 N–H and O–H groups in total. The predicted octanol–water partition coefficient (Wildman–Crippen LogP) is 7.40. The Bertz CT molecular complexity index is 645. The number of halogens is 2. The van der Waals surface area contributed by atoms with Crippen molar-refractivity contribution in [1.29, 1.82) is 0 Å². The summed E-state index contributed by atoms with van der Waals surface area (Å²) in [7, 11) is 0. The van der Waals surface area contributed by atoms with Crippen LogP contribution in [0.3, 0.4) is 0 Å². The fourth-order valence-corrected chi connectivity index (χ4v) is 3.46. The zero-order valence-electron chi connectivity index (χ0n) is 15.0. The topological polar surface area (TPSA) is 18.5 Å². The van der Waals surface area contributed by atoms with Crippen molar-refractivity contribution in [3.63, 3.8) is 0 Å². The van der Waals surface area contributed by atoms with Crippen LogP contribution < -0.4 is 9.47 Å². The molecule has 0 aromatic heterocycles. The van der Waals surface area contributed by atoms with Crippen molar-refractivity contribution in [3.05, 3.63) is 35.4 Å². The first-order chi connectivity index (χ1) is 12.3. The fourth-order valence-electron chi connectivity index (χ4n) is 2.81. The van der Waals surface area contributed by atoms with Gasteiger partial charge in [-0.2, -0.15) is 0 Å². The number of hydrogen-bond donors (Lipinski definition) is 0. The Hall–Kier alpha value is -0.930. The van der Waals surface area contributed by atoms with E-state index in [1.807, 2.05) is 18.2 Å². The Morgan fingerprint density at radius 1 is 0.880 bits per heavy atom. The molecular weight excluding hydrogens is 400 g/mol. The number of hydrogen-bond acceptors (Lipinski definition) is 2. The van der Waals surface area contributed by atoms with Gasteiger partial charge in [0.2, 0.25) is 0 Å². The van der Waals surface area contributed by atoms with E-state index in [2.05, 4.69) is 35.0 Å². The maximum absolute atomic E-state index is 6.50. The summed E-state index contributed by atoms with van der Waals surface area (Å²) in [6.07, 6.45) is 8.12. The Morgan fingerprint density at radius 3 is 2.28 bits per heavy atom. The van der Waals surface area contributed by atoms with Gasteiger partial charge in [-0.15, -0.1) is 0 Å². The van der Waals surface area contributed by atoms with Crippen LogP contribution in [0.2, 0.25) is 5.02 Å². The summed E-state index contributed by atoms with van der Waals surface area (Å²) in [5.74, 6) is 1.62. The lowest BCUT2D eigenvalue weighted by Gasteiger charge is -2.15. The van der Waals surface area contributed by atoms with Gasteiger partial charge >= 0.3 is 0 Å². The minimum atomic E-state index is 0.629. The van der Waals surface area contributed by atoms with Crippen molar-refractivity contribution >= 4 is 38.3 Å². The van der Waals surface area contributed by atoms with Crippen molar-refractivity contribution < 1.29 is 9.47 Å². The van der Waals surface area contributed by atoms with E-state index in [1.165, 1.54) is 25.7 Å². The largest absolute Gasteiger partial charge is 0.493 e. The van der Waals surface area contributed by atoms with Gasteiger partial charge in [-0.25, -0.2) is 0 Å². The van der Waals surface area contributed by atoms with Crippen LogP contribution in [0.5, 0.6) is 11.5 Å². The molecule has 0 amide bonds. The fraction of sp³-hybridized carbons (Fsp3) is 0.524. The third-order valence-electron chi connectivity index (χ3n) is 4.19. The summed E-state index contributed by atoms with van der Waals surface area (Å²) >= 11 is 9.96. The molecule has 0 heterocycles. The predicted molar refractivity (Wildman–Crippen MR) is 112 cm³/mol. The smallest absolute Gasteiger partial charge is 0.145 e. The zero-order valence-corrected chi connectivity index (χ0v) is 17.4. The highest BCUT2D eigenvalue weighted by Crippen LogP contribution is 2.39. The van der Waals surface area contributed by atoms with Crippen molar-refractivity contribution in [2.24, 2.45) is 0 Å². The van der Waals surface area contributed by atoms with Gasteiger partial charge in [0.15, 0.2) is 0 Å². The van der Waals surface area contributed by atoms with Crippen LogP contribution >= 0.6 is 27.5 Å². The third kappa shape index (κ3) is 6.38. The van der Waals surface area contributed by atoms with Crippen LogP contribution in [0.1, 0.15) is 51.9 Å². The summed E-state index contributed by atoms with van der Waals surface area (Å²) in [5.41, 5.74) is 0. The SMILES string of the molecule is CCCCCCOc1c(Cl)cc(OCCCCCBr)c2ccccc12. The molecule has 0 saturated carbocycles. The molecule has 2 aromatic rings. The molecule has 25 heavy (non-hydrogen) atoms. The first kappa shape index (κ1) is 20.4. The van der Waals surface area contributed by atoms with Crippen LogP contribution in [0.15, 0.2) is 30.3 Å². The van der Waals surface area contributed by atoms with Crippen molar-refractivity contribution in [2.75, 3.05) is 18.5 Å². The molecule has 0 fully saturated rings. The molecule has 0 bridgehead atoms. The van der Waals surface area contributed by atoms with E-state index >= 15 is 0 Å². The maximum atomic E-state index is 6.50. The van der Waals surface area contributed by atoms with E-state index in [0.717, 1.165) is 46.9 Å². The molecule has 2 rings (SSSR count). The molecule has 0 saturated heterocycles. The highest BCUT2D eigenvalue weighted by atomic mass is 79.9. The molecule has 0 aliphatic carbocycles. The molecule has 2 aromatic carbocycles. The van der Waals surface area contributed by atoms with Gasteiger partial charge in [0.1, 0.15) is 11.5 Å². The monoisotopic (exact) mass is 426 g/mol. The summed E-state index contributed by atoms with van der Waals surface area (Å²) in [4.78, 5) is 0. The van der Waals surface area contributed by atoms with E-state index < -0.39 is 0 Å². The zero-order chi connectivity index (χ0) is 17.9. The van der Waals surface area contributed by atoms with Crippen LogP contribution in [0.25, 0.3) is 10.8 Å². The van der Waals surface area contributed by atoms with E-state index in [0.29, 0.717) is 18.2 Å². The quantitative estimate of drug-likeness (QED) is 0.259. The average Bonchev–Trinajstić information content (AvgIpc) is 2.63. The van der Waals surface area contributed by atoms with E-state index in [1.54, 1.807) is 0 Å². The van der Waals surface area contributed by atoms with E-state index in [-0.39, 0.29) is 0 Å². The average molecular weight is 428 g/mol. The number of ether oxygens (including phenoxy) is 2. The van der Waals surface area contributed by atoms with Crippen molar-refractivity contribution in [3.8, 4) is 11.5 Å². The molecule has 0 spiro atoms. The number of rotatable bonds is 12. The highest BCUT2D eigenvalue weighted by molar-refractivity contribution is 9.09. The summed E-state index contributed by atoms with van der Waals surface area (Å²) < 4.78 is 12.0. The number of benzene rings is 2. The van der Waals surface area contributed by atoms with Crippen LogP contribution in [-0.4, -0.2) is 18.5 Å².